The molecule has 0 unspecified atom stereocenters. The van der Waals surface area contributed by atoms with Gasteiger partial charge in [-0.25, -0.2) is 9.78 Å². The number of nitrogens with one attached hydrogen (secondary N) is 2. The summed E-state index contributed by atoms with van der Waals surface area (Å²) in [4.78, 5) is 18.6. The molecule has 0 radical (unpaired) electrons. The van der Waals surface area contributed by atoms with Crippen LogP contribution in [0.4, 0.5) is 16.3 Å². The molecule has 2 heterocycles. The van der Waals surface area contributed by atoms with Crippen LogP contribution in [0.3, 0.4) is 0 Å². The third kappa shape index (κ3) is 3.86. The van der Waals surface area contributed by atoms with Crippen molar-refractivity contribution in [2.75, 3.05) is 23.3 Å². The lowest BCUT2D eigenvalue weighted by Gasteiger charge is -2.22. The van der Waals surface area contributed by atoms with Gasteiger partial charge in [-0.1, -0.05) is 19.3 Å². The van der Waals surface area contributed by atoms with Crippen LogP contribution in [0.25, 0.3) is 0 Å². The minimum Gasteiger partial charge on any atom is -0.370 e. The van der Waals surface area contributed by atoms with Crippen LogP contribution in [0.2, 0.25) is 0 Å². The van der Waals surface area contributed by atoms with Crippen LogP contribution < -0.4 is 15.5 Å². The molecule has 21 heavy (non-hydrogen) atoms. The van der Waals surface area contributed by atoms with Crippen molar-refractivity contribution in [2.24, 2.45) is 0 Å². The summed E-state index contributed by atoms with van der Waals surface area (Å²) in [7, 11) is 0. The Balaban J connectivity index is 1.50. The molecule has 1 aromatic heterocycles. The Bertz CT molecular complexity index is 462. The van der Waals surface area contributed by atoms with Gasteiger partial charge in [-0.05, 0) is 37.8 Å². The van der Waals surface area contributed by atoms with Crippen molar-refractivity contribution < 1.29 is 4.79 Å². The summed E-state index contributed by atoms with van der Waals surface area (Å²) >= 11 is 0. The van der Waals surface area contributed by atoms with Gasteiger partial charge in [0.25, 0.3) is 0 Å². The van der Waals surface area contributed by atoms with Crippen molar-refractivity contribution in [1.82, 2.24) is 10.3 Å². The van der Waals surface area contributed by atoms with Gasteiger partial charge in [0.05, 0.1) is 11.9 Å². The molecule has 5 heteroatoms. The molecule has 5 nitrogen and oxygen atoms in total. The standard InChI is InChI=1S/C16H24N4O/c21-16(18-13-6-2-1-3-7-13)19-15-9-8-14(12-17-15)20-10-4-5-11-20/h8-9,12-13H,1-7,10-11H2,(H2,17,18,19,21). The lowest BCUT2D eigenvalue weighted by molar-refractivity contribution is 0.244. The van der Waals surface area contributed by atoms with Crippen LogP contribution in [0.1, 0.15) is 44.9 Å². The lowest BCUT2D eigenvalue weighted by Crippen LogP contribution is -2.39. The molecule has 114 valence electrons. The molecule has 2 aliphatic rings. The minimum absolute atomic E-state index is 0.136. The van der Waals surface area contributed by atoms with Crippen molar-refractivity contribution in [3.8, 4) is 0 Å². The van der Waals surface area contributed by atoms with Crippen LogP contribution >= 0.6 is 0 Å². The summed E-state index contributed by atoms with van der Waals surface area (Å²) < 4.78 is 0. The molecule has 3 rings (SSSR count). The van der Waals surface area contributed by atoms with E-state index in [0.29, 0.717) is 11.9 Å². The van der Waals surface area contributed by atoms with Crippen LogP contribution in [0, 0.1) is 0 Å². The van der Waals surface area contributed by atoms with Crippen molar-refractivity contribution >= 4 is 17.5 Å². The van der Waals surface area contributed by atoms with Gasteiger partial charge in [0.15, 0.2) is 0 Å². The maximum absolute atomic E-state index is 11.9. The number of hydrogen-bond acceptors (Lipinski definition) is 3. The fourth-order valence-electron chi connectivity index (χ4n) is 3.21. The molecule has 1 aliphatic heterocycles. The van der Waals surface area contributed by atoms with E-state index in [9.17, 15) is 4.79 Å². The molecule has 1 aliphatic carbocycles. The first-order valence-corrected chi connectivity index (χ1v) is 8.10. The second-order valence-corrected chi connectivity index (χ2v) is 6.03. The van der Waals surface area contributed by atoms with Gasteiger partial charge in [-0.15, -0.1) is 0 Å². The van der Waals surface area contributed by atoms with E-state index in [2.05, 4.69) is 20.5 Å². The number of hydrogen-bond donors (Lipinski definition) is 2. The molecule has 1 saturated carbocycles. The van der Waals surface area contributed by atoms with Gasteiger partial charge in [0, 0.05) is 19.1 Å². The van der Waals surface area contributed by atoms with Crippen LogP contribution in [-0.4, -0.2) is 30.1 Å². The number of anilines is 2. The van der Waals surface area contributed by atoms with E-state index in [1.54, 1.807) is 0 Å². The molecule has 1 aromatic rings. The van der Waals surface area contributed by atoms with Crippen LogP contribution in [0.5, 0.6) is 0 Å². The van der Waals surface area contributed by atoms with Gasteiger partial charge < -0.3 is 10.2 Å². The highest BCUT2D eigenvalue weighted by Crippen LogP contribution is 2.20. The molecule has 0 aromatic carbocycles. The predicted molar refractivity (Wildman–Crippen MR) is 84.7 cm³/mol. The van der Waals surface area contributed by atoms with E-state index in [-0.39, 0.29) is 6.03 Å². The first-order valence-electron chi connectivity index (χ1n) is 8.10. The SMILES string of the molecule is O=C(Nc1ccc(N2CCCC2)cn1)NC1CCCCC1. The van der Waals surface area contributed by atoms with Gasteiger partial charge >= 0.3 is 6.03 Å². The summed E-state index contributed by atoms with van der Waals surface area (Å²) in [6.45, 7) is 2.22. The Morgan fingerprint density at radius 2 is 1.86 bits per heavy atom. The number of rotatable bonds is 3. The topological polar surface area (TPSA) is 57.3 Å². The normalized spacial score (nSPS) is 19.5. The predicted octanol–water partition coefficient (Wildman–Crippen LogP) is 3.14. The first-order chi connectivity index (χ1) is 10.3. The second kappa shape index (κ2) is 6.78. The number of carbonyl (C=O) groups excluding carboxylic acids is 1. The summed E-state index contributed by atoms with van der Waals surface area (Å²) in [5.74, 6) is 0.617. The molecular formula is C16H24N4O. The zero-order valence-electron chi connectivity index (χ0n) is 12.5. The van der Waals surface area contributed by atoms with E-state index in [1.807, 2.05) is 18.3 Å². The summed E-state index contributed by atoms with van der Waals surface area (Å²) in [6.07, 6.45) is 10.3. The summed E-state index contributed by atoms with van der Waals surface area (Å²) in [6, 6.07) is 4.11. The van der Waals surface area contributed by atoms with Gasteiger partial charge in [0.1, 0.15) is 5.82 Å². The Morgan fingerprint density at radius 1 is 1.10 bits per heavy atom. The number of urea groups is 1. The molecule has 2 amide bonds. The highest BCUT2D eigenvalue weighted by molar-refractivity contribution is 5.88. The van der Waals surface area contributed by atoms with E-state index in [0.717, 1.165) is 31.6 Å². The molecule has 0 spiro atoms. The smallest absolute Gasteiger partial charge is 0.320 e. The number of nitrogens with zero attached hydrogens (tertiary/aromatic N) is 2. The van der Waals surface area contributed by atoms with E-state index < -0.39 is 0 Å². The lowest BCUT2D eigenvalue weighted by atomic mass is 9.96. The molecule has 0 atom stereocenters. The molecule has 2 fully saturated rings. The molecule has 0 bridgehead atoms. The Labute approximate surface area is 126 Å². The Kier molecular flexibility index (Phi) is 4.58. The molecule has 2 N–H and O–H groups in total. The Morgan fingerprint density at radius 3 is 2.52 bits per heavy atom. The molecule has 1 saturated heterocycles. The number of amides is 2. The van der Waals surface area contributed by atoms with Crippen molar-refractivity contribution in [3.05, 3.63) is 18.3 Å². The highest BCUT2D eigenvalue weighted by Gasteiger charge is 2.16. The number of pyridine rings is 1. The fraction of sp³-hybridized carbons (Fsp3) is 0.625. The van der Waals surface area contributed by atoms with Crippen LogP contribution in [0.15, 0.2) is 18.3 Å². The van der Waals surface area contributed by atoms with Gasteiger partial charge in [-0.2, -0.15) is 0 Å². The average Bonchev–Trinajstić information content (AvgIpc) is 3.03. The van der Waals surface area contributed by atoms with E-state index in [4.69, 9.17) is 0 Å². The largest absolute Gasteiger partial charge is 0.370 e. The fourth-order valence-corrected chi connectivity index (χ4v) is 3.21. The van der Waals surface area contributed by atoms with Crippen molar-refractivity contribution in [2.45, 2.75) is 51.0 Å². The van der Waals surface area contributed by atoms with Gasteiger partial charge in [0.2, 0.25) is 0 Å². The quantitative estimate of drug-likeness (QED) is 0.898. The van der Waals surface area contributed by atoms with Crippen LogP contribution in [-0.2, 0) is 0 Å². The van der Waals surface area contributed by atoms with E-state index in [1.165, 1.54) is 32.1 Å². The van der Waals surface area contributed by atoms with E-state index >= 15 is 0 Å². The third-order valence-corrected chi connectivity index (χ3v) is 4.40. The minimum atomic E-state index is -0.136. The number of carbonyl (C=O) groups is 1. The monoisotopic (exact) mass is 288 g/mol. The highest BCUT2D eigenvalue weighted by atomic mass is 16.2. The van der Waals surface area contributed by atoms with Crippen molar-refractivity contribution in [1.29, 1.82) is 0 Å². The summed E-state index contributed by atoms with van der Waals surface area (Å²) in [5.41, 5.74) is 1.14. The second-order valence-electron chi connectivity index (χ2n) is 6.03. The average molecular weight is 288 g/mol. The van der Waals surface area contributed by atoms with Gasteiger partial charge in [-0.3, -0.25) is 5.32 Å². The number of aromatic nitrogens is 1. The third-order valence-electron chi connectivity index (χ3n) is 4.40. The van der Waals surface area contributed by atoms with Crippen molar-refractivity contribution in [3.63, 3.8) is 0 Å². The Hall–Kier alpha value is -1.78. The maximum Gasteiger partial charge on any atom is 0.320 e. The summed E-state index contributed by atoms with van der Waals surface area (Å²) in [5, 5.41) is 5.86. The zero-order valence-corrected chi connectivity index (χ0v) is 12.5. The molecular weight excluding hydrogens is 264 g/mol. The zero-order chi connectivity index (χ0) is 14.5. The maximum atomic E-state index is 11.9. The first kappa shape index (κ1) is 14.2.